The summed E-state index contributed by atoms with van der Waals surface area (Å²) >= 11 is 0. The smallest absolute Gasteiger partial charge is 0.0669 e. The first-order valence-electron chi connectivity index (χ1n) is 9.08. The number of β-amino-alcohol motifs (C(OH)–C–C–N with tert-alkyl or cyclic N) is 1. The number of likely N-dealkylation sites (tertiary alicyclic amines) is 1. The summed E-state index contributed by atoms with van der Waals surface area (Å²) in [5.74, 6) is 1.61. The number of hydrogen-bond donors (Lipinski definition) is 2. The predicted molar refractivity (Wildman–Crippen MR) is 89.5 cm³/mol. The summed E-state index contributed by atoms with van der Waals surface area (Å²) in [5.41, 5.74) is 0.231. The summed E-state index contributed by atoms with van der Waals surface area (Å²) < 4.78 is 0. The van der Waals surface area contributed by atoms with Gasteiger partial charge in [0.1, 0.15) is 0 Å². The van der Waals surface area contributed by atoms with Gasteiger partial charge in [-0.05, 0) is 71.5 Å². The minimum absolute atomic E-state index is 0.0997. The molecule has 3 heteroatoms. The lowest BCUT2D eigenvalue weighted by Gasteiger charge is -2.35. The lowest BCUT2D eigenvalue weighted by atomic mass is 9.94. The molecular weight excluding hydrogens is 260 g/mol. The van der Waals surface area contributed by atoms with Crippen molar-refractivity contribution in [1.82, 2.24) is 10.2 Å². The number of aliphatic hydroxyl groups excluding tert-OH is 1. The second-order valence-electron chi connectivity index (χ2n) is 8.41. The van der Waals surface area contributed by atoms with Crippen LogP contribution >= 0.6 is 0 Å². The van der Waals surface area contributed by atoms with Crippen molar-refractivity contribution in [3.05, 3.63) is 0 Å². The molecule has 1 atom stereocenters. The van der Waals surface area contributed by atoms with Crippen LogP contribution in [-0.4, -0.2) is 47.8 Å². The van der Waals surface area contributed by atoms with Crippen molar-refractivity contribution in [1.29, 1.82) is 0 Å². The Hall–Kier alpha value is -0.120. The van der Waals surface area contributed by atoms with E-state index >= 15 is 0 Å². The highest BCUT2D eigenvalue weighted by molar-refractivity contribution is 4.80. The Morgan fingerprint density at radius 1 is 1.05 bits per heavy atom. The molecule has 0 aromatic heterocycles. The van der Waals surface area contributed by atoms with Crippen LogP contribution in [0.15, 0.2) is 0 Å². The van der Waals surface area contributed by atoms with Crippen molar-refractivity contribution < 1.29 is 5.11 Å². The van der Waals surface area contributed by atoms with Gasteiger partial charge in [-0.3, -0.25) is 0 Å². The van der Waals surface area contributed by atoms with Gasteiger partial charge in [0.05, 0.1) is 6.10 Å². The van der Waals surface area contributed by atoms with E-state index in [0.29, 0.717) is 0 Å². The lowest BCUT2D eigenvalue weighted by molar-refractivity contribution is 0.0723. The zero-order chi connectivity index (χ0) is 15.3. The second-order valence-corrected chi connectivity index (χ2v) is 8.41. The van der Waals surface area contributed by atoms with Gasteiger partial charge in [-0.1, -0.05) is 25.7 Å². The fraction of sp³-hybridized carbons (Fsp3) is 1.00. The molecular formula is C18H36N2O. The maximum atomic E-state index is 10.3. The van der Waals surface area contributed by atoms with Crippen LogP contribution in [0.1, 0.15) is 65.7 Å². The predicted octanol–water partition coefficient (Wildman–Crippen LogP) is 3.03. The van der Waals surface area contributed by atoms with E-state index in [1.807, 2.05) is 0 Å². The number of piperidine rings is 1. The average molecular weight is 296 g/mol. The van der Waals surface area contributed by atoms with Gasteiger partial charge in [-0.2, -0.15) is 0 Å². The van der Waals surface area contributed by atoms with Crippen LogP contribution in [0.5, 0.6) is 0 Å². The molecule has 1 aliphatic carbocycles. The SMILES string of the molecule is CC(C)(C)NCC1CCN(CC(O)CC2CCCC2)CC1. The first-order chi connectivity index (χ1) is 9.92. The zero-order valence-corrected chi connectivity index (χ0v) is 14.4. The summed E-state index contributed by atoms with van der Waals surface area (Å²) in [5, 5.41) is 13.9. The first kappa shape index (κ1) is 17.2. The fourth-order valence-corrected chi connectivity index (χ4v) is 3.83. The van der Waals surface area contributed by atoms with Crippen molar-refractivity contribution in [2.24, 2.45) is 11.8 Å². The van der Waals surface area contributed by atoms with E-state index in [1.165, 1.54) is 38.5 Å². The maximum absolute atomic E-state index is 10.3. The van der Waals surface area contributed by atoms with Crippen LogP contribution in [0.25, 0.3) is 0 Å². The molecule has 2 aliphatic rings. The molecule has 0 bridgehead atoms. The maximum Gasteiger partial charge on any atom is 0.0669 e. The highest BCUT2D eigenvalue weighted by Crippen LogP contribution is 2.29. The Bertz CT molecular complexity index is 286. The Balaban J connectivity index is 1.59. The van der Waals surface area contributed by atoms with Gasteiger partial charge in [0, 0.05) is 12.1 Å². The molecule has 1 saturated carbocycles. The third-order valence-corrected chi connectivity index (χ3v) is 5.18. The van der Waals surface area contributed by atoms with Gasteiger partial charge in [-0.25, -0.2) is 0 Å². The van der Waals surface area contributed by atoms with Crippen LogP contribution in [0.4, 0.5) is 0 Å². The topological polar surface area (TPSA) is 35.5 Å². The largest absolute Gasteiger partial charge is 0.392 e. The van der Waals surface area contributed by atoms with E-state index < -0.39 is 0 Å². The molecule has 2 fully saturated rings. The lowest BCUT2D eigenvalue weighted by Crippen LogP contribution is -2.44. The van der Waals surface area contributed by atoms with Crippen molar-refractivity contribution in [3.63, 3.8) is 0 Å². The van der Waals surface area contributed by atoms with Crippen LogP contribution in [-0.2, 0) is 0 Å². The molecule has 0 aromatic carbocycles. The first-order valence-corrected chi connectivity index (χ1v) is 9.08. The zero-order valence-electron chi connectivity index (χ0n) is 14.4. The highest BCUT2D eigenvalue weighted by atomic mass is 16.3. The molecule has 0 amide bonds. The summed E-state index contributed by atoms with van der Waals surface area (Å²) in [6, 6.07) is 0. The average Bonchev–Trinajstić information content (AvgIpc) is 2.89. The fourth-order valence-electron chi connectivity index (χ4n) is 3.83. The monoisotopic (exact) mass is 296 g/mol. The van der Waals surface area contributed by atoms with Gasteiger partial charge >= 0.3 is 0 Å². The van der Waals surface area contributed by atoms with Gasteiger partial charge in [0.2, 0.25) is 0 Å². The number of nitrogens with zero attached hydrogens (tertiary/aromatic N) is 1. The van der Waals surface area contributed by atoms with Gasteiger partial charge in [0.25, 0.3) is 0 Å². The van der Waals surface area contributed by atoms with E-state index in [-0.39, 0.29) is 11.6 Å². The van der Waals surface area contributed by atoms with Crippen molar-refractivity contribution >= 4 is 0 Å². The van der Waals surface area contributed by atoms with E-state index in [2.05, 4.69) is 31.0 Å². The molecule has 1 heterocycles. The van der Waals surface area contributed by atoms with Crippen molar-refractivity contribution in [2.75, 3.05) is 26.2 Å². The molecule has 3 nitrogen and oxygen atoms in total. The van der Waals surface area contributed by atoms with Crippen molar-refractivity contribution in [3.8, 4) is 0 Å². The molecule has 1 aliphatic heterocycles. The Morgan fingerprint density at radius 2 is 1.67 bits per heavy atom. The minimum atomic E-state index is -0.0997. The molecule has 2 N–H and O–H groups in total. The normalized spacial score (nSPS) is 24.6. The number of rotatable bonds is 6. The quantitative estimate of drug-likeness (QED) is 0.791. The summed E-state index contributed by atoms with van der Waals surface area (Å²) in [6.07, 6.45) is 8.93. The third-order valence-electron chi connectivity index (χ3n) is 5.18. The highest BCUT2D eigenvalue weighted by Gasteiger charge is 2.24. The van der Waals surface area contributed by atoms with Gasteiger partial charge < -0.3 is 15.3 Å². The second kappa shape index (κ2) is 7.94. The summed E-state index contributed by atoms with van der Waals surface area (Å²) in [4.78, 5) is 2.48. The van der Waals surface area contributed by atoms with Crippen LogP contribution < -0.4 is 5.32 Å². The molecule has 0 aromatic rings. The van der Waals surface area contributed by atoms with E-state index in [1.54, 1.807) is 0 Å². The molecule has 21 heavy (non-hydrogen) atoms. The number of aliphatic hydroxyl groups is 1. The third kappa shape index (κ3) is 6.66. The van der Waals surface area contributed by atoms with Crippen LogP contribution in [0.2, 0.25) is 0 Å². The van der Waals surface area contributed by atoms with E-state index in [9.17, 15) is 5.11 Å². The molecule has 0 radical (unpaired) electrons. The Morgan fingerprint density at radius 3 is 2.24 bits per heavy atom. The molecule has 2 rings (SSSR count). The molecule has 0 spiro atoms. The Kier molecular flexibility index (Phi) is 6.51. The van der Waals surface area contributed by atoms with Gasteiger partial charge in [-0.15, -0.1) is 0 Å². The molecule has 124 valence electrons. The summed E-state index contributed by atoms with van der Waals surface area (Å²) in [6.45, 7) is 11.1. The molecule has 1 unspecified atom stereocenters. The van der Waals surface area contributed by atoms with E-state index in [4.69, 9.17) is 0 Å². The van der Waals surface area contributed by atoms with Crippen LogP contribution in [0.3, 0.4) is 0 Å². The van der Waals surface area contributed by atoms with Crippen LogP contribution in [0, 0.1) is 11.8 Å². The van der Waals surface area contributed by atoms with E-state index in [0.717, 1.165) is 44.4 Å². The number of hydrogen-bond acceptors (Lipinski definition) is 3. The summed E-state index contributed by atoms with van der Waals surface area (Å²) in [7, 11) is 0. The van der Waals surface area contributed by atoms with Crippen molar-refractivity contribution in [2.45, 2.75) is 77.4 Å². The molecule has 1 saturated heterocycles. The number of nitrogens with one attached hydrogen (secondary N) is 1. The standard InChI is InChI=1S/C18H36N2O/c1-18(2,3)19-13-16-8-10-20(11-9-16)14-17(21)12-15-6-4-5-7-15/h15-17,19,21H,4-14H2,1-3H3. The minimum Gasteiger partial charge on any atom is -0.392 e. The Labute approximate surface area is 131 Å². The van der Waals surface area contributed by atoms with Gasteiger partial charge in [0.15, 0.2) is 0 Å².